The van der Waals surface area contributed by atoms with Crippen LogP contribution in [-0.4, -0.2) is 39.1 Å². The van der Waals surface area contributed by atoms with E-state index in [0.717, 1.165) is 0 Å². The Balaban J connectivity index is 1.42. The van der Waals surface area contributed by atoms with E-state index >= 15 is 0 Å². The average Bonchev–Trinajstić information content (AvgIpc) is 3.31. The number of carbonyl (C=O) groups is 2. The van der Waals surface area contributed by atoms with Crippen LogP contribution in [0, 0.1) is 5.82 Å². The van der Waals surface area contributed by atoms with Crippen molar-refractivity contribution in [3.8, 4) is 28.1 Å². The van der Waals surface area contributed by atoms with Gasteiger partial charge in [0.05, 0.1) is 36.4 Å². The van der Waals surface area contributed by atoms with E-state index in [-0.39, 0.29) is 11.6 Å². The van der Waals surface area contributed by atoms with E-state index in [2.05, 4.69) is 30.8 Å². The van der Waals surface area contributed by atoms with Gasteiger partial charge in [0.25, 0.3) is 5.91 Å². The molecule has 2 amide bonds. The molecule has 3 heterocycles. The molecule has 37 heavy (non-hydrogen) atoms. The molecule has 0 saturated heterocycles. The van der Waals surface area contributed by atoms with Gasteiger partial charge in [0.1, 0.15) is 21.9 Å². The maximum Gasteiger partial charge on any atom is 0.259 e. The van der Waals surface area contributed by atoms with E-state index in [1.165, 1.54) is 42.8 Å². The first-order valence-electron chi connectivity index (χ1n) is 11.0. The number of benzene rings is 2. The van der Waals surface area contributed by atoms with Crippen LogP contribution in [0.4, 0.5) is 15.2 Å². The zero-order chi connectivity index (χ0) is 25.9. The molecule has 0 unspecified atom stereocenters. The fourth-order valence-corrected chi connectivity index (χ4v) is 4.58. The van der Waals surface area contributed by atoms with Gasteiger partial charge >= 0.3 is 0 Å². The number of ether oxygens (including phenoxy) is 1. The van der Waals surface area contributed by atoms with Crippen LogP contribution in [0.3, 0.4) is 0 Å². The Kier molecular flexibility index (Phi) is 6.52. The first-order valence-corrected chi connectivity index (χ1v) is 11.8. The normalized spacial score (nSPS) is 10.8. The predicted octanol–water partition coefficient (Wildman–Crippen LogP) is 5.17. The van der Waals surface area contributed by atoms with Crippen LogP contribution in [0.1, 0.15) is 17.3 Å². The third-order valence-corrected chi connectivity index (χ3v) is 6.30. The van der Waals surface area contributed by atoms with E-state index in [4.69, 9.17) is 4.74 Å². The summed E-state index contributed by atoms with van der Waals surface area (Å²) in [6, 6.07) is 15.2. The van der Waals surface area contributed by atoms with E-state index in [1.807, 2.05) is 18.2 Å². The Morgan fingerprint density at radius 3 is 2.54 bits per heavy atom. The molecule has 0 spiro atoms. The molecule has 184 valence electrons. The van der Waals surface area contributed by atoms with Gasteiger partial charge in [0.15, 0.2) is 5.13 Å². The SMILES string of the molecule is COc1ccccc1-c1cnncc1C(=O)Nc1nc2ccc(-c3ccc(NC(C)=O)c(F)c3)nc2s1. The van der Waals surface area contributed by atoms with Gasteiger partial charge in [-0.05, 0) is 30.3 Å². The number of aromatic nitrogens is 4. The number of fused-ring (bicyclic) bond motifs is 1. The molecule has 0 aliphatic rings. The minimum atomic E-state index is -0.566. The molecule has 0 saturated carbocycles. The summed E-state index contributed by atoms with van der Waals surface area (Å²) in [5.41, 5.74) is 3.32. The maximum absolute atomic E-state index is 14.4. The van der Waals surface area contributed by atoms with Crippen LogP contribution < -0.4 is 15.4 Å². The first-order chi connectivity index (χ1) is 17.9. The lowest BCUT2D eigenvalue weighted by Crippen LogP contribution is -2.14. The van der Waals surface area contributed by atoms with E-state index in [0.29, 0.717) is 49.2 Å². The highest BCUT2D eigenvalue weighted by Crippen LogP contribution is 2.33. The lowest BCUT2D eigenvalue weighted by Gasteiger charge is -2.11. The predicted molar refractivity (Wildman–Crippen MR) is 139 cm³/mol. The van der Waals surface area contributed by atoms with Crippen molar-refractivity contribution in [1.82, 2.24) is 20.2 Å². The maximum atomic E-state index is 14.4. The topological polar surface area (TPSA) is 119 Å². The molecule has 3 aromatic heterocycles. The number of methoxy groups -OCH3 is 1. The smallest absolute Gasteiger partial charge is 0.259 e. The highest BCUT2D eigenvalue weighted by atomic mass is 32.1. The van der Waals surface area contributed by atoms with Gasteiger partial charge in [-0.2, -0.15) is 10.2 Å². The summed E-state index contributed by atoms with van der Waals surface area (Å²) >= 11 is 1.19. The molecule has 0 aliphatic heterocycles. The minimum absolute atomic E-state index is 0.0956. The van der Waals surface area contributed by atoms with Gasteiger partial charge in [-0.1, -0.05) is 35.6 Å². The summed E-state index contributed by atoms with van der Waals surface area (Å²) in [6.45, 7) is 1.31. The molecule has 2 N–H and O–H groups in total. The van der Waals surface area contributed by atoms with Crippen LogP contribution in [0.25, 0.3) is 32.7 Å². The Labute approximate surface area is 214 Å². The van der Waals surface area contributed by atoms with Crippen LogP contribution >= 0.6 is 11.3 Å². The van der Waals surface area contributed by atoms with Gasteiger partial charge in [-0.3, -0.25) is 14.9 Å². The second-order valence-corrected chi connectivity index (χ2v) is 8.86. The third kappa shape index (κ3) is 4.98. The summed E-state index contributed by atoms with van der Waals surface area (Å²) in [5, 5.41) is 13.4. The Bertz CT molecular complexity index is 1660. The summed E-state index contributed by atoms with van der Waals surface area (Å²) in [7, 11) is 1.56. The third-order valence-electron chi connectivity index (χ3n) is 5.42. The fourth-order valence-electron chi connectivity index (χ4n) is 3.75. The second-order valence-electron chi connectivity index (χ2n) is 7.89. The first kappa shape index (κ1) is 23.9. The van der Waals surface area contributed by atoms with Crippen molar-refractivity contribution in [3.05, 3.63) is 78.4 Å². The summed E-state index contributed by atoms with van der Waals surface area (Å²) in [4.78, 5) is 34.0. The van der Waals surface area contributed by atoms with Gasteiger partial charge in [0, 0.05) is 23.6 Å². The fraction of sp³-hybridized carbons (Fsp3) is 0.0769. The van der Waals surface area contributed by atoms with Crippen LogP contribution in [0.5, 0.6) is 5.75 Å². The number of nitrogens with zero attached hydrogens (tertiary/aromatic N) is 4. The average molecular weight is 515 g/mol. The molecule has 2 aromatic carbocycles. The molecule has 0 fully saturated rings. The monoisotopic (exact) mass is 514 g/mol. The number of rotatable bonds is 6. The number of pyridine rings is 1. The zero-order valence-electron chi connectivity index (χ0n) is 19.7. The lowest BCUT2D eigenvalue weighted by atomic mass is 10.0. The van der Waals surface area contributed by atoms with Gasteiger partial charge in [-0.25, -0.2) is 14.4 Å². The number of para-hydroxylation sites is 1. The van der Waals surface area contributed by atoms with Gasteiger partial charge in [-0.15, -0.1) is 0 Å². The van der Waals surface area contributed by atoms with Crippen molar-refractivity contribution in [3.63, 3.8) is 0 Å². The quantitative estimate of drug-likeness (QED) is 0.321. The second kappa shape index (κ2) is 10.1. The van der Waals surface area contributed by atoms with E-state index in [1.54, 1.807) is 31.4 Å². The number of nitrogens with one attached hydrogen (secondary N) is 2. The molecule has 0 aliphatic carbocycles. The molecule has 0 bridgehead atoms. The largest absolute Gasteiger partial charge is 0.496 e. The van der Waals surface area contributed by atoms with Crippen molar-refractivity contribution in [2.75, 3.05) is 17.7 Å². The van der Waals surface area contributed by atoms with Crippen molar-refractivity contribution < 1.29 is 18.7 Å². The number of amides is 2. The number of halogens is 1. The summed E-state index contributed by atoms with van der Waals surface area (Å²) in [6.07, 6.45) is 2.90. The highest BCUT2D eigenvalue weighted by Gasteiger charge is 2.18. The van der Waals surface area contributed by atoms with Crippen molar-refractivity contribution in [2.24, 2.45) is 0 Å². The van der Waals surface area contributed by atoms with Crippen LogP contribution in [0.2, 0.25) is 0 Å². The van der Waals surface area contributed by atoms with Crippen molar-refractivity contribution in [1.29, 1.82) is 0 Å². The molecule has 0 atom stereocenters. The number of anilines is 2. The number of hydrogen-bond acceptors (Lipinski definition) is 8. The van der Waals surface area contributed by atoms with E-state index < -0.39 is 11.7 Å². The molecule has 5 aromatic rings. The Morgan fingerprint density at radius 2 is 1.76 bits per heavy atom. The van der Waals surface area contributed by atoms with Gasteiger partial charge < -0.3 is 10.1 Å². The minimum Gasteiger partial charge on any atom is -0.496 e. The molecule has 11 heteroatoms. The molecular formula is C26H19FN6O3S. The summed E-state index contributed by atoms with van der Waals surface area (Å²) < 4.78 is 19.8. The zero-order valence-corrected chi connectivity index (χ0v) is 20.5. The molecule has 0 radical (unpaired) electrons. The Hall–Kier alpha value is -4.77. The Morgan fingerprint density at radius 1 is 0.946 bits per heavy atom. The van der Waals surface area contributed by atoms with Crippen molar-refractivity contribution in [2.45, 2.75) is 6.92 Å². The molecular weight excluding hydrogens is 495 g/mol. The number of hydrogen-bond donors (Lipinski definition) is 2. The molecule has 9 nitrogen and oxygen atoms in total. The standard InChI is InChI=1S/C26H19FN6O3S/c1-14(34)30-21-8-7-15(11-19(21)27)20-9-10-22-25(31-20)37-26(32-22)33-24(35)18-13-29-28-12-17(18)16-5-3-4-6-23(16)36-2/h3-13H,1-2H3,(H,30,34)(H,32,33,35). The summed E-state index contributed by atoms with van der Waals surface area (Å²) in [5.74, 6) is -0.736. The number of carbonyl (C=O) groups excluding carboxylic acids is 2. The van der Waals surface area contributed by atoms with Crippen LogP contribution in [0.15, 0.2) is 67.0 Å². The van der Waals surface area contributed by atoms with Crippen molar-refractivity contribution >= 4 is 44.3 Å². The number of thiazole rings is 1. The van der Waals surface area contributed by atoms with Gasteiger partial charge in [0.2, 0.25) is 5.91 Å². The lowest BCUT2D eigenvalue weighted by molar-refractivity contribution is -0.114. The van der Waals surface area contributed by atoms with E-state index in [9.17, 15) is 14.0 Å². The highest BCUT2D eigenvalue weighted by molar-refractivity contribution is 7.22. The molecule has 5 rings (SSSR count). The van der Waals surface area contributed by atoms with Crippen LogP contribution in [-0.2, 0) is 4.79 Å².